The Morgan fingerprint density at radius 1 is 1.19 bits per heavy atom. The summed E-state index contributed by atoms with van der Waals surface area (Å²) < 4.78 is 14.6. The SMILES string of the molecule is CC1(C)CCC(NCc2ccc(-c3cccc(C(N)=O)c3)c(F)c2)CC1. The molecule has 3 rings (SSSR count). The zero-order valence-corrected chi connectivity index (χ0v) is 15.5. The molecule has 0 aliphatic heterocycles. The molecule has 1 aliphatic rings. The van der Waals surface area contributed by atoms with Crippen LogP contribution in [0.3, 0.4) is 0 Å². The highest BCUT2D eigenvalue weighted by Crippen LogP contribution is 2.35. The Hall–Kier alpha value is -2.20. The number of amides is 1. The molecule has 0 bridgehead atoms. The third kappa shape index (κ3) is 4.50. The number of nitrogens with one attached hydrogen (secondary N) is 1. The maximum atomic E-state index is 14.6. The summed E-state index contributed by atoms with van der Waals surface area (Å²) in [6.45, 7) is 5.32. The maximum absolute atomic E-state index is 14.6. The second kappa shape index (κ2) is 7.58. The van der Waals surface area contributed by atoms with Crippen molar-refractivity contribution >= 4 is 5.91 Å². The number of nitrogens with two attached hydrogens (primary N) is 1. The molecule has 1 saturated carbocycles. The fraction of sp³-hybridized carbons (Fsp3) is 0.409. The highest BCUT2D eigenvalue weighted by atomic mass is 19.1. The Labute approximate surface area is 154 Å². The summed E-state index contributed by atoms with van der Waals surface area (Å²) in [5.74, 6) is -0.792. The fourth-order valence-corrected chi connectivity index (χ4v) is 3.61. The van der Waals surface area contributed by atoms with Crippen molar-refractivity contribution < 1.29 is 9.18 Å². The molecule has 0 saturated heterocycles. The van der Waals surface area contributed by atoms with Crippen LogP contribution in [0.2, 0.25) is 0 Å². The Morgan fingerprint density at radius 2 is 1.92 bits per heavy atom. The van der Waals surface area contributed by atoms with E-state index in [1.54, 1.807) is 36.4 Å². The lowest BCUT2D eigenvalue weighted by atomic mass is 9.75. The largest absolute Gasteiger partial charge is 0.366 e. The molecule has 0 unspecified atom stereocenters. The van der Waals surface area contributed by atoms with E-state index in [9.17, 15) is 9.18 Å². The van der Waals surface area contributed by atoms with Crippen molar-refractivity contribution in [1.29, 1.82) is 0 Å². The van der Waals surface area contributed by atoms with E-state index in [2.05, 4.69) is 19.2 Å². The van der Waals surface area contributed by atoms with Crippen LogP contribution in [0.15, 0.2) is 42.5 Å². The normalized spacial score (nSPS) is 17.2. The Morgan fingerprint density at radius 3 is 2.58 bits per heavy atom. The van der Waals surface area contributed by atoms with E-state index in [1.807, 2.05) is 6.07 Å². The van der Waals surface area contributed by atoms with Gasteiger partial charge in [-0.1, -0.05) is 38.1 Å². The van der Waals surface area contributed by atoms with Crippen LogP contribution in [-0.4, -0.2) is 11.9 Å². The summed E-state index contributed by atoms with van der Waals surface area (Å²) in [6.07, 6.45) is 4.81. The van der Waals surface area contributed by atoms with Crippen molar-refractivity contribution in [3.63, 3.8) is 0 Å². The van der Waals surface area contributed by atoms with Crippen molar-refractivity contribution in [3.8, 4) is 11.1 Å². The number of carbonyl (C=O) groups excluding carboxylic acids is 1. The van der Waals surface area contributed by atoms with Gasteiger partial charge in [-0.25, -0.2) is 4.39 Å². The molecule has 0 spiro atoms. The van der Waals surface area contributed by atoms with E-state index in [4.69, 9.17) is 5.73 Å². The van der Waals surface area contributed by atoms with Gasteiger partial charge in [0.25, 0.3) is 0 Å². The number of rotatable bonds is 5. The average molecular weight is 354 g/mol. The number of carbonyl (C=O) groups is 1. The number of benzene rings is 2. The lowest BCUT2D eigenvalue weighted by Crippen LogP contribution is -2.35. The minimum Gasteiger partial charge on any atom is -0.366 e. The van der Waals surface area contributed by atoms with Crippen molar-refractivity contribution in [2.45, 2.75) is 52.1 Å². The molecule has 3 N–H and O–H groups in total. The van der Waals surface area contributed by atoms with E-state index >= 15 is 0 Å². The minimum absolute atomic E-state index is 0.282. The molecular formula is C22H27FN2O. The van der Waals surface area contributed by atoms with Gasteiger partial charge in [0, 0.05) is 23.7 Å². The molecule has 1 aliphatic carbocycles. The van der Waals surface area contributed by atoms with Gasteiger partial charge in [-0.15, -0.1) is 0 Å². The zero-order chi connectivity index (χ0) is 18.7. The summed E-state index contributed by atoms with van der Waals surface area (Å²) in [7, 11) is 0. The number of hydrogen-bond acceptors (Lipinski definition) is 2. The molecule has 138 valence electrons. The molecule has 1 amide bonds. The first-order valence-electron chi connectivity index (χ1n) is 9.26. The molecular weight excluding hydrogens is 327 g/mol. The van der Waals surface area contributed by atoms with Crippen LogP contribution in [0.25, 0.3) is 11.1 Å². The molecule has 26 heavy (non-hydrogen) atoms. The number of primary amides is 1. The topological polar surface area (TPSA) is 55.1 Å². The minimum atomic E-state index is -0.510. The van der Waals surface area contributed by atoms with Crippen LogP contribution >= 0.6 is 0 Å². The first kappa shape index (κ1) is 18.6. The van der Waals surface area contributed by atoms with Gasteiger partial charge < -0.3 is 11.1 Å². The summed E-state index contributed by atoms with van der Waals surface area (Å²) in [5.41, 5.74) is 8.22. The van der Waals surface area contributed by atoms with E-state index in [-0.39, 0.29) is 5.82 Å². The van der Waals surface area contributed by atoms with Crippen molar-refractivity contribution in [3.05, 3.63) is 59.4 Å². The standard InChI is InChI=1S/C22H27FN2O/c1-22(2)10-8-18(9-11-22)25-14-15-6-7-19(20(23)12-15)16-4-3-5-17(13-16)21(24)26/h3-7,12-13,18,25H,8-11,14H2,1-2H3,(H2,24,26). The molecule has 2 aromatic rings. The molecule has 0 heterocycles. The van der Waals surface area contributed by atoms with Crippen molar-refractivity contribution in [2.75, 3.05) is 0 Å². The van der Waals surface area contributed by atoms with Crippen LogP contribution in [-0.2, 0) is 6.54 Å². The Bertz CT molecular complexity index is 790. The van der Waals surface area contributed by atoms with Gasteiger partial charge in [-0.3, -0.25) is 4.79 Å². The van der Waals surface area contributed by atoms with E-state index in [1.165, 1.54) is 25.7 Å². The Balaban J connectivity index is 1.66. The molecule has 4 heteroatoms. The van der Waals surface area contributed by atoms with E-state index in [0.717, 1.165) is 5.56 Å². The predicted molar refractivity (Wildman–Crippen MR) is 103 cm³/mol. The number of hydrogen-bond donors (Lipinski definition) is 2. The highest BCUT2D eigenvalue weighted by molar-refractivity contribution is 5.94. The third-order valence-corrected chi connectivity index (χ3v) is 5.43. The van der Waals surface area contributed by atoms with Gasteiger partial charge in [0.15, 0.2) is 0 Å². The van der Waals surface area contributed by atoms with Gasteiger partial charge in [-0.2, -0.15) is 0 Å². The summed E-state index contributed by atoms with van der Waals surface area (Å²) in [5, 5.41) is 3.56. The quantitative estimate of drug-likeness (QED) is 0.821. The molecule has 0 radical (unpaired) electrons. The molecule has 3 nitrogen and oxygen atoms in total. The van der Waals surface area contributed by atoms with Crippen LogP contribution in [0.4, 0.5) is 4.39 Å². The average Bonchev–Trinajstić information content (AvgIpc) is 2.61. The monoisotopic (exact) mass is 354 g/mol. The second-order valence-electron chi connectivity index (χ2n) is 8.08. The van der Waals surface area contributed by atoms with Crippen LogP contribution in [0, 0.1) is 11.2 Å². The summed E-state index contributed by atoms with van der Waals surface area (Å²) in [6, 6.07) is 12.6. The third-order valence-electron chi connectivity index (χ3n) is 5.43. The highest BCUT2D eigenvalue weighted by Gasteiger charge is 2.26. The van der Waals surface area contributed by atoms with E-state index < -0.39 is 5.91 Å². The second-order valence-corrected chi connectivity index (χ2v) is 8.08. The van der Waals surface area contributed by atoms with Gasteiger partial charge in [0.05, 0.1) is 0 Å². The van der Waals surface area contributed by atoms with Gasteiger partial charge >= 0.3 is 0 Å². The molecule has 1 fully saturated rings. The van der Waals surface area contributed by atoms with Crippen LogP contribution < -0.4 is 11.1 Å². The fourth-order valence-electron chi connectivity index (χ4n) is 3.61. The first-order chi connectivity index (χ1) is 12.3. The molecule has 0 aromatic heterocycles. The lowest BCUT2D eigenvalue weighted by molar-refractivity contribution is 0.100. The van der Waals surface area contributed by atoms with Crippen molar-refractivity contribution in [2.24, 2.45) is 11.1 Å². The molecule has 2 aromatic carbocycles. The number of halogens is 1. The maximum Gasteiger partial charge on any atom is 0.248 e. The van der Waals surface area contributed by atoms with Gasteiger partial charge in [0.1, 0.15) is 5.82 Å². The van der Waals surface area contributed by atoms with Gasteiger partial charge in [-0.05, 0) is 60.4 Å². The molecule has 0 atom stereocenters. The zero-order valence-electron chi connectivity index (χ0n) is 15.5. The van der Waals surface area contributed by atoms with E-state index in [0.29, 0.717) is 34.7 Å². The van der Waals surface area contributed by atoms with Crippen molar-refractivity contribution in [1.82, 2.24) is 5.32 Å². The van der Waals surface area contributed by atoms with Gasteiger partial charge in [0.2, 0.25) is 5.91 Å². The van der Waals surface area contributed by atoms with Crippen LogP contribution in [0.5, 0.6) is 0 Å². The first-order valence-corrected chi connectivity index (χ1v) is 9.26. The lowest BCUT2D eigenvalue weighted by Gasteiger charge is -2.34. The Kier molecular flexibility index (Phi) is 5.42. The smallest absolute Gasteiger partial charge is 0.248 e. The predicted octanol–water partition coefficient (Wildman–Crippen LogP) is 4.65. The van der Waals surface area contributed by atoms with Crippen LogP contribution in [0.1, 0.15) is 55.5 Å². The summed E-state index contributed by atoms with van der Waals surface area (Å²) >= 11 is 0. The summed E-state index contributed by atoms with van der Waals surface area (Å²) in [4.78, 5) is 11.3.